The molecule has 0 aliphatic carbocycles. The number of hydrogen-bond acceptors (Lipinski definition) is 5. The summed E-state index contributed by atoms with van der Waals surface area (Å²) in [6.07, 6.45) is 0.956. The minimum Gasteiger partial charge on any atom is -0.360 e. The molecule has 0 saturated carbocycles. The molecule has 0 N–H and O–H groups in total. The average Bonchev–Trinajstić information content (AvgIpc) is 3.12. The topological polar surface area (TPSA) is 60.9 Å². The predicted molar refractivity (Wildman–Crippen MR) is 108 cm³/mol. The highest BCUT2D eigenvalue weighted by Crippen LogP contribution is 2.25. The van der Waals surface area contributed by atoms with E-state index in [1.54, 1.807) is 4.57 Å². The van der Waals surface area contributed by atoms with Crippen LogP contribution < -0.4 is 5.56 Å². The van der Waals surface area contributed by atoms with E-state index in [0.29, 0.717) is 21.8 Å². The second-order valence-electron chi connectivity index (χ2n) is 6.30. The van der Waals surface area contributed by atoms with Crippen LogP contribution in [0, 0.1) is 6.92 Å². The first-order valence-corrected chi connectivity index (χ1v) is 9.80. The normalized spacial score (nSPS) is 11.2. The van der Waals surface area contributed by atoms with Crippen LogP contribution in [0.5, 0.6) is 0 Å². The molecule has 4 rings (SSSR count). The van der Waals surface area contributed by atoms with Crippen LogP contribution in [0.1, 0.15) is 23.9 Å². The zero-order chi connectivity index (χ0) is 18.8. The van der Waals surface area contributed by atoms with Crippen LogP contribution in [-0.2, 0) is 12.2 Å². The van der Waals surface area contributed by atoms with Crippen LogP contribution in [0.15, 0.2) is 69.1 Å². The van der Waals surface area contributed by atoms with Crippen molar-refractivity contribution >= 4 is 22.7 Å². The highest BCUT2D eigenvalue weighted by molar-refractivity contribution is 7.98. The highest BCUT2D eigenvalue weighted by atomic mass is 32.2. The summed E-state index contributed by atoms with van der Waals surface area (Å²) in [5, 5.41) is 5.16. The first-order valence-electron chi connectivity index (χ1n) is 8.82. The van der Waals surface area contributed by atoms with Gasteiger partial charge in [-0.3, -0.25) is 9.36 Å². The number of aryl methyl sites for hydroxylation is 2. The molecule has 2 heterocycles. The Balaban J connectivity index is 1.82. The molecule has 0 unspecified atom stereocenters. The summed E-state index contributed by atoms with van der Waals surface area (Å²) in [5.41, 5.74) is 3.50. The quantitative estimate of drug-likeness (QED) is 0.377. The number of para-hydroxylation sites is 1. The third kappa shape index (κ3) is 3.53. The maximum atomic E-state index is 13.2. The zero-order valence-electron chi connectivity index (χ0n) is 15.2. The van der Waals surface area contributed by atoms with Gasteiger partial charge in [0.25, 0.3) is 5.56 Å². The molecular weight excluding hydrogens is 358 g/mol. The zero-order valence-corrected chi connectivity index (χ0v) is 16.0. The van der Waals surface area contributed by atoms with Crippen molar-refractivity contribution in [2.45, 2.75) is 31.2 Å². The molecule has 136 valence electrons. The predicted octanol–water partition coefficient (Wildman–Crippen LogP) is 4.54. The number of benzene rings is 2. The van der Waals surface area contributed by atoms with Crippen LogP contribution >= 0.6 is 11.8 Å². The van der Waals surface area contributed by atoms with E-state index < -0.39 is 0 Å². The molecule has 2 aromatic carbocycles. The lowest BCUT2D eigenvalue weighted by molar-refractivity contribution is 0.391. The van der Waals surface area contributed by atoms with Gasteiger partial charge in [0.1, 0.15) is 5.76 Å². The standard InChI is InChI=1S/C21H19N3O2S/c1-3-15-8-10-16(11-9-15)24-20(25)18-6-4-5-7-19(18)22-21(24)27-13-17-12-14(2)23-26-17/h4-12H,3,13H2,1-2H3. The number of hydrogen-bond donors (Lipinski definition) is 0. The molecule has 0 bridgehead atoms. The Bertz CT molecular complexity index is 1150. The maximum Gasteiger partial charge on any atom is 0.266 e. The Morgan fingerprint density at radius 1 is 1.11 bits per heavy atom. The number of aromatic nitrogens is 3. The van der Waals surface area contributed by atoms with E-state index in [0.717, 1.165) is 23.6 Å². The molecular formula is C21H19N3O2S. The van der Waals surface area contributed by atoms with Gasteiger partial charge in [0.15, 0.2) is 5.16 Å². The third-order valence-corrected chi connectivity index (χ3v) is 5.33. The Hall–Kier alpha value is -2.86. The Morgan fingerprint density at radius 2 is 1.89 bits per heavy atom. The van der Waals surface area contributed by atoms with E-state index in [9.17, 15) is 4.79 Å². The van der Waals surface area contributed by atoms with Gasteiger partial charge in [-0.25, -0.2) is 4.98 Å². The van der Waals surface area contributed by atoms with Gasteiger partial charge in [-0.2, -0.15) is 0 Å². The van der Waals surface area contributed by atoms with Gasteiger partial charge < -0.3 is 4.52 Å². The summed E-state index contributed by atoms with van der Waals surface area (Å²) in [5.74, 6) is 1.31. The van der Waals surface area contributed by atoms with Gasteiger partial charge in [-0.1, -0.05) is 48.1 Å². The lowest BCUT2D eigenvalue weighted by Crippen LogP contribution is -2.21. The van der Waals surface area contributed by atoms with Crippen molar-refractivity contribution in [1.82, 2.24) is 14.7 Å². The Labute approximate surface area is 161 Å². The summed E-state index contributed by atoms with van der Waals surface area (Å²) in [4.78, 5) is 17.9. The first kappa shape index (κ1) is 17.5. The number of thioether (sulfide) groups is 1. The fraction of sp³-hybridized carbons (Fsp3) is 0.190. The Kier molecular flexibility index (Phi) is 4.81. The van der Waals surface area contributed by atoms with Crippen molar-refractivity contribution in [2.24, 2.45) is 0 Å². The summed E-state index contributed by atoms with van der Waals surface area (Å²) in [6, 6.07) is 17.4. The fourth-order valence-electron chi connectivity index (χ4n) is 2.94. The lowest BCUT2D eigenvalue weighted by atomic mass is 10.1. The van der Waals surface area contributed by atoms with Crippen LogP contribution in [0.3, 0.4) is 0 Å². The van der Waals surface area contributed by atoms with E-state index in [4.69, 9.17) is 9.51 Å². The number of nitrogens with zero attached hydrogens (tertiary/aromatic N) is 3. The molecule has 0 spiro atoms. The van der Waals surface area contributed by atoms with Crippen LogP contribution in [-0.4, -0.2) is 14.7 Å². The molecule has 2 aromatic heterocycles. The van der Waals surface area contributed by atoms with Gasteiger partial charge in [-0.15, -0.1) is 0 Å². The summed E-state index contributed by atoms with van der Waals surface area (Å²) in [7, 11) is 0. The highest BCUT2D eigenvalue weighted by Gasteiger charge is 2.14. The van der Waals surface area contributed by atoms with Crippen LogP contribution in [0.4, 0.5) is 0 Å². The largest absolute Gasteiger partial charge is 0.360 e. The minimum absolute atomic E-state index is 0.0684. The molecule has 27 heavy (non-hydrogen) atoms. The fourth-order valence-corrected chi connectivity index (χ4v) is 3.83. The van der Waals surface area contributed by atoms with E-state index in [1.807, 2.05) is 61.5 Å². The van der Waals surface area contributed by atoms with Gasteiger partial charge in [0.2, 0.25) is 0 Å². The number of rotatable bonds is 5. The lowest BCUT2D eigenvalue weighted by Gasteiger charge is -2.13. The van der Waals surface area contributed by atoms with Crippen molar-refractivity contribution in [3.05, 3.63) is 82.0 Å². The molecule has 0 saturated heterocycles. The van der Waals surface area contributed by atoms with Crippen molar-refractivity contribution in [1.29, 1.82) is 0 Å². The molecule has 5 nitrogen and oxygen atoms in total. The second kappa shape index (κ2) is 7.40. The molecule has 0 aliphatic rings. The molecule has 0 radical (unpaired) electrons. The van der Waals surface area contributed by atoms with Gasteiger partial charge >= 0.3 is 0 Å². The first-order chi connectivity index (χ1) is 13.2. The van der Waals surface area contributed by atoms with E-state index >= 15 is 0 Å². The minimum atomic E-state index is -0.0684. The smallest absolute Gasteiger partial charge is 0.266 e. The summed E-state index contributed by atoms with van der Waals surface area (Å²) >= 11 is 1.47. The van der Waals surface area contributed by atoms with E-state index in [1.165, 1.54) is 17.3 Å². The monoisotopic (exact) mass is 377 g/mol. The molecule has 4 aromatic rings. The molecule has 0 amide bonds. The maximum absolute atomic E-state index is 13.2. The summed E-state index contributed by atoms with van der Waals surface area (Å²) in [6.45, 7) is 4.00. The number of fused-ring (bicyclic) bond motifs is 1. The van der Waals surface area contributed by atoms with Gasteiger partial charge in [0.05, 0.1) is 28.0 Å². The van der Waals surface area contributed by atoms with Crippen molar-refractivity contribution in [2.75, 3.05) is 0 Å². The molecule has 6 heteroatoms. The van der Waals surface area contributed by atoms with Gasteiger partial charge in [0, 0.05) is 6.07 Å². The third-order valence-electron chi connectivity index (χ3n) is 4.37. The molecule has 0 atom stereocenters. The molecule has 0 aliphatic heterocycles. The van der Waals surface area contributed by atoms with E-state index in [-0.39, 0.29) is 5.56 Å². The van der Waals surface area contributed by atoms with Crippen LogP contribution in [0.2, 0.25) is 0 Å². The van der Waals surface area contributed by atoms with E-state index in [2.05, 4.69) is 12.1 Å². The van der Waals surface area contributed by atoms with Crippen molar-refractivity contribution in [3.8, 4) is 5.69 Å². The SMILES string of the molecule is CCc1ccc(-n2c(SCc3cc(C)no3)nc3ccccc3c2=O)cc1. The summed E-state index contributed by atoms with van der Waals surface area (Å²) < 4.78 is 6.97. The van der Waals surface area contributed by atoms with Crippen molar-refractivity contribution in [3.63, 3.8) is 0 Å². The Morgan fingerprint density at radius 3 is 2.59 bits per heavy atom. The second-order valence-corrected chi connectivity index (χ2v) is 7.24. The van der Waals surface area contributed by atoms with Gasteiger partial charge in [-0.05, 0) is 43.2 Å². The van der Waals surface area contributed by atoms with Crippen molar-refractivity contribution < 1.29 is 4.52 Å². The average molecular weight is 377 g/mol. The molecule has 0 fully saturated rings. The van der Waals surface area contributed by atoms with Crippen LogP contribution in [0.25, 0.3) is 16.6 Å².